The molecule has 0 amide bonds. The highest BCUT2D eigenvalue weighted by atomic mass is 15.2. The Morgan fingerprint density at radius 2 is 2.00 bits per heavy atom. The van der Waals surface area contributed by atoms with Crippen LogP contribution in [-0.4, -0.2) is 24.0 Å². The lowest BCUT2D eigenvalue weighted by Gasteiger charge is -2.35. The molecule has 0 aromatic heterocycles. The number of hydrogen-bond donors (Lipinski definition) is 2. The summed E-state index contributed by atoms with van der Waals surface area (Å²) in [6, 6.07) is 0.382. The van der Waals surface area contributed by atoms with Gasteiger partial charge in [-0.25, -0.2) is 0 Å². The van der Waals surface area contributed by atoms with Gasteiger partial charge in [0.2, 0.25) is 0 Å². The number of nitrogens with two attached hydrogens (primary N) is 2. The van der Waals surface area contributed by atoms with E-state index < -0.39 is 0 Å². The van der Waals surface area contributed by atoms with E-state index in [4.69, 9.17) is 11.5 Å². The summed E-state index contributed by atoms with van der Waals surface area (Å²) in [5.74, 6) is 0.614. The van der Waals surface area contributed by atoms with Crippen molar-refractivity contribution >= 4 is 0 Å². The summed E-state index contributed by atoms with van der Waals surface area (Å²) in [6.45, 7) is 4.33. The van der Waals surface area contributed by atoms with Crippen LogP contribution in [0.4, 0.5) is 0 Å². The van der Waals surface area contributed by atoms with E-state index in [1.54, 1.807) is 0 Å². The average Bonchev–Trinajstić information content (AvgIpc) is 2.23. The van der Waals surface area contributed by atoms with Gasteiger partial charge in [-0.15, -0.1) is 0 Å². The zero-order valence-electron chi connectivity index (χ0n) is 9.45. The Kier molecular flexibility index (Phi) is 3.00. The lowest BCUT2D eigenvalue weighted by Crippen LogP contribution is -2.40. The van der Waals surface area contributed by atoms with Crippen LogP contribution in [-0.2, 0) is 0 Å². The zero-order valence-corrected chi connectivity index (χ0v) is 9.45. The van der Waals surface area contributed by atoms with Gasteiger partial charge in [0.15, 0.2) is 0 Å². The number of nitrogens with zero attached hydrogens (tertiary/aromatic N) is 1. The molecular formula is C12H21N3. The second-order valence-corrected chi connectivity index (χ2v) is 4.75. The first-order chi connectivity index (χ1) is 7.16. The Morgan fingerprint density at radius 1 is 1.33 bits per heavy atom. The number of hydrogen-bond acceptors (Lipinski definition) is 3. The van der Waals surface area contributed by atoms with Crippen LogP contribution >= 0.6 is 0 Å². The Morgan fingerprint density at radius 3 is 2.67 bits per heavy atom. The van der Waals surface area contributed by atoms with E-state index in [0.717, 1.165) is 38.0 Å². The van der Waals surface area contributed by atoms with E-state index in [0.29, 0.717) is 12.0 Å². The number of rotatable bonds is 1. The first kappa shape index (κ1) is 10.6. The fourth-order valence-electron chi connectivity index (χ4n) is 2.28. The van der Waals surface area contributed by atoms with Gasteiger partial charge < -0.3 is 16.4 Å². The smallest absolute Gasteiger partial charge is 0.0558 e. The van der Waals surface area contributed by atoms with Crippen molar-refractivity contribution in [3.8, 4) is 0 Å². The van der Waals surface area contributed by atoms with Crippen LogP contribution in [0.3, 0.4) is 0 Å². The summed E-state index contributed by atoms with van der Waals surface area (Å²) < 4.78 is 0. The average molecular weight is 207 g/mol. The maximum Gasteiger partial charge on any atom is 0.0558 e. The molecule has 0 aromatic carbocycles. The lowest BCUT2D eigenvalue weighted by atomic mass is 9.97. The molecule has 1 fully saturated rings. The Bertz CT molecular complexity index is 285. The van der Waals surface area contributed by atoms with Gasteiger partial charge in [-0.2, -0.15) is 0 Å². The molecule has 2 rings (SSSR count). The Balaban J connectivity index is 2.06. The number of likely N-dealkylation sites (tertiary alicyclic amines) is 1. The van der Waals surface area contributed by atoms with Gasteiger partial charge in [-0.3, -0.25) is 0 Å². The molecule has 1 aliphatic carbocycles. The lowest BCUT2D eigenvalue weighted by molar-refractivity contribution is 0.264. The van der Waals surface area contributed by atoms with E-state index in [9.17, 15) is 0 Å². The van der Waals surface area contributed by atoms with Crippen molar-refractivity contribution in [3.63, 3.8) is 0 Å². The number of allylic oxidation sites excluding steroid dienone is 2. The predicted octanol–water partition coefficient (Wildman–Crippen LogP) is 1.18. The molecule has 3 heteroatoms. The summed E-state index contributed by atoms with van der Waals surface area (Å²) in [5, 5.41) is 0. The maximum absolute atomic E-state index is 6.03. The molecule has 2 aliphatic rings. The van der Waals surface area contributed by atoms with Gasteiger partial charge in [-0.1, -0.05) is 19.1 Å². The molecular weight excluding hydrogens is 186 g/mol. The molecule has 0 bridgehead atoms. The molecule has 1 heterocycles. The quantitative estimate of drug-likeness (QED) is 0.679. The van der Waals surface area contributed by atoms with Crippen LogP contribution in [0.25, 0.3) is 0 Å². The summed E-state index contributed by atoms with van der Waals surface area (Å²) in [6.07, 6.45) is 7.68. The van der Waals surface area contributed by atoms with Gasteiger partial charge in [0.25, 0.3) is 0 Å². The van der Waals surface area contributed by atoms with Crippen LogP contribution in [0.15, 0.2) is 23.5 Å². The van der Waals surface area contributed by atoms with Crippen LogP contribution in [0, 0.1) is 5.92 Å². The molecule has 1 saturated heterocycles. The van der Waals surface area contributed by atoms with Crippen molar-refractivity contribution in [3.05, 3.63) is 23.5 Å². The Labute approximate surface area is 91.8 Å². The summed E-state index contributed by atoms with van der Waals surface area (Å²) in [7, 11) is 0. The van der Waals surface area contributed by atoms with Gasteiger partial charge in [0, 0.05) is 19.1 Å². The standard InChI is InChI=1S/C12H21N3/c1-9-2-3-11(14)12(8-9)15-6-4-10(13)5-7-15/h3,8-10H,2,4-7,13-14H2,1H3. The molecule has 3 nitrogen and oxygen atoms in total. The molecule has 1 unspecified atom stereocenters. The zero-order chi connectivity index (χ0) is 10.8. The van der Waals surface area contributed by atoms with Crippen molar-refractivity contribution in [2.75, 3.05) is 13.1 Å². The van der Waals surface area contributed by atoms with Gasteiger partial charge >= 0.3 is 0 Å². The molecule has 15 heavy (non-hydrogen) atoms. The van der Waals surface area contributed by atoms with Gasteiger partial charge in [0.1, 0.15) is 0 Å². The fraction of sp³-hybridized carbons (Fsp3) is 0.667. The van der Waals surface area contributed by atoms with Gasteiger partial charge in [-0.05, 0) is 25.2 Å². The molecule has 0 radical (unpaired) electrons. The van der Waals surface area contributed by atoms with Crippen molar-refractivity contribution in [1.82, 2.24) is 4.90 Å². The van der Waals surface area contributed by atoms with E-state index in [1.807, 2.05) is 0 Å². The molecule has 0 aromatic rings. The predicted molar refractivity (Wildman–Crippen MR) is 62.9 cm³/mol. The van der Waals surface area contributed by atoms with E-state index >= 15 is 0 Å². The third-order valence-corrected chi connectivity index (χ3v) is 3.33. The molecule has 84 valence electrons. The van der Waals surface area contributed by atoms with Crippen molar-refractivity contribution in [1.29, 1.82) is 0 Å². The highest BCUT2D eigenvalue weighted by Crippen LogP contribution is 2.24. The normalized spacial score (nSPS) is 28.7. The molecule has 0 saturated carbocycles. The largest absolute Gasteiger partial charge is 0.397 e. The Hall–Kier alpha value is -0.960. The maximum atomic E-state index is 6.03. The third kappa shape index (κ3) is 2.34. The van der Waals surface area contributed by atoms with Gasteiger partial charge in [0.05, 0.1) is 11.4 Å². The third-order valence-electron chi connectivity index (χ3n) is 3.33. The van der Waals surface area contributed by atoms with Crippen LogP contribution in [0.5, 0.6) is 0 Å². The van der Waals surface area contributed by atoms with Crippen LogP contribution in [0.2, 0.25) is 0 Å². The van der Waals surface area contributed by atoms with Crippen molar-refractivity contribution < 1.29 is 0 Å². The highest BCUT2D eigenvalue weighted by molar-refractivity contribution is 5.31. The summed E-state index contributed by atoms with van der Waals surface area (Å²) in [5.41, 5.74) is 14.1. The highest BCUT2D eigenvalue weighted by Gasteiger charge is 2.21. The first-order valence-electron chi connectivity index (χ1n) is 5.85. The van der Waals surface area contributed by atoms with Crippen LogP contribution in [0.1, 0.15) is 26.2 Å². The minimum atomic E-state index is 0.382. The van der Waals surface area contributed by atoms with Crippen molar-refractivity contribution in [2.45, 2.75) is 32.2 Å². The minimum Gasteiger partial charge on any atom is -0.397 e. The monoisotopic (exact) mass is 207 g/mol. The van der Waals surface area contributed by atoms with Crippen LogP contribution < -0.4 is 11.5 Å². The topological polar surface area (TPSA) is 55.3 Å². The first-order valence-corrected chi connectivity index (χ1v) is 5.85. The minimum absolute atomic E-state index is 0.382. The van der Waals surface area contributed by atoms with E-state index in [-0.39, 0.29) is 0 Å². The second kappa shape index (κ2) is 4.27. The summed E-state index contributed by atoms with van der Waals surface area (Å²) >= 11 is 0. The fourth-order valence-corrected chi connectivity index (χ4v) is 2.28. The molecule has 1 atom stereocenters. The van der Waals surface area contributed by atoms with E-state index in [2.05, 4.69) is 24.0 Å². The second-order valence-electron chi connectivity index (χ2n) is 4.75. The molecule has 1 aliphatic heterocycles. The van der Waals surface area contributed by atoms with Crippen molar-refractivity contribution in [2.24, 2.45) is 17.4 Å². The SMILES string of the molecule is CC1C=C(N2CCC(N)CC2)C(N)=CC1. The number of piperidine rings is 1. The molecule has 0 spiro atoms. The van der Waals surface area contributed by atoms with E-state index in [1.165, 1.54) is 5.70 Å². The summed E-state index contributed by atoms with van der Waals surface area (Å²) in [4.78, 5) is 2.38. The molecule has 4 N–H and O–H groups in total.